The van der Waals surface area contributed by atoms with Gasteiger partial charge in [-0.2, -0.15) is 13.2 Å². The summed E-state index contributed by atoms with van der Waals surface area (Å²) in [6.45, 7) is 3.68. The van der Waals surface area contributed by atoms with E-state index in [4.69, 9.17) is 0 Å². The van der Waals surface area contributed by atoms with Gasteiger partial charge in [0.05, 0.1) is 21.3 Å². The molecule has 0 saturated carbocycles. The first-order valence-electron chi connectivity index (χ1n) is 9.86. The number of carbonyl (C=O) groups is 2. The topological polar surface area (TPSA) is 71.1 Å². The van der Waals surface area contributed by atoms with Crippen LogP contribution in [0.2, 0.25) is 0 Å². The Labute approximate surface area is 191 Å². The number of halogens is 3. The van der Waals surface area contributed by atoms with E-state index in [9.17, 15) is 22.8 Å². The van der Waals surface area contributed by atoms with Crippen molar-refractivity contribution in [3.8, 4) is 0 Å². The maximum absolute atomic E-state index is 12.9. The Balaban J connectivity index is 1.54. The van der Waals surface area contributed by atoms with Crippen molar-refractivity contribution in [1.82, 2.24) is 4.98 Å². The van der Waals surface area contributed by atoms with E-state index >= 15 is 0 Å². The number of benzene rings is 3. The van der Waals surface area contributed by atoms with Gasteiger partial charge in [-0.1, -0.05) is 12.1 Å². The lowest BCUT2D eigenvalue weighted by Gasteiger charge is -2.13. The molecular formula is C24H18F3N3O2S. The molecule has 2 N–H and O–H groups in total. The van der Waals surface area contributed by atoms with Gasteiger partial charge in [0, 0.05) is 22.5 Å². The number of rotatable bonds is 4. The van der Waals surface area contributed by atoms with Crippen molar-refractivity contribution in [2.24, 2.45) is 0 Å². The number of thiazole rings is 1. The second-order valence-corrected chi connectivity index (χ2v) is 8.40. The monoisotopic (exact) mass is 469 g/mol. The molecule has 0 fully saturated rings. The van der Waals surface area contributed by atoms with Gasteiger partial charge in [-0.3, -0.25) is 9.59 Å². The highest BCUT2D eigenvalue weighted by atomic mass is 32.1. The highest BCUT2D eigenvalue weighted by molar-refractivity contribution is 7.16. The van der Waals surface area contributed by atoms with Crippen LogP contribution in [-0.4, -0.2) is 16.8 Å². The zero-order valence-electron chi connectivity index (χ0n) is 17.6. The van der Waals surface area contributed by atoms with Crippen LogP contribution in [0, 0.1) is 13.8 Å². The SMILES string of the molecule is Cc1ccc(NC(=O)c2cccc(C(F)(F)F)c2)cc1NC(=O)c1cc(C)c2ncsc2c1. The Morgan fingerprint density at radius 3 is 2.39 bits per heavy atom. The van der Waals surface area contributed by atoms with Gasteiger partial charge in [0.25, 0.3) is 11.8 Å². The number of anilines is 2. The molecule has 0 spiro atoms. The molecule has 33 heavy (non-hydrogen) atoms. The molecule has 0 aliphatic heterocycles. The highest BCUT2D eigenvalue weighted by Crippen LogP contribution is 2.30. The summed E-state index contributed by atoms with van der Waals surface area (Å²) in [5.41, 5.74) is 4.49. The van der Waals surface area contributed by atoms with Crippen LogP contribution in [0.4, 0.5) is 24.5 Å². The summed E-state index contributed by atoms with van der Waals surface area (Å²) >= 11 is 1.44. The molecule has 1 aromatic heterocycles. The molecule has 3 aromatic carbocycles. The van der Waals surface area contributed by atoms with Crippen LogP contribution < -0.4 is 10.6 Å². The van der Waals surface area contributed by atoms with Crippen LogP contribution in [0.25, 0.3) is 10.2 Å². The summed E-state index contributed by atoms with van der Waals surface area (Å²) in [4.78, 5) is 29.6. The Hall–Kier alpha value is -3.72. The third-order valence-electron chi connectivity index (χ3n) is 5.08. The van der Waals surface area contributed by atoms with E-state index in [-0.39, 0.29) is 11.5 Å². The number of aromatic nitrogens is 1. The Morgan fingerprint density at radius 2 is 1.64 bits per heavy atom. The number of alkyl halides is 3. The fourth-order valence-electron chi connectivity index (χ4n) is 3.34. The van der Waals surface area contributed by atoms with Gasteiger partial charge in [-0.15, -0.1) is 11.3 Å². The van der Waals surface area contributed by atoms with E-state index < -0.39 is 17.6 Å². The summed E-state index contributed by atoms with van der Waals surface area (Å²) in [7, 11) is 0. The van der Waals surface area contributed by atoms with Crippen LogP contribution >= 0.6 is 11.3 Å². The molecule has 0 unspecified atom stereocenters. The number of carbonyl (C=O) groups excluding carboxylic acids is 2. The number of fused-ring (bicyclic) bond motifs is 1. The van der Waals surface area contributed by atoms with Crippen molar-refractivity contribution in [1.29, 1.82) is 0 Å². The van der Waals surface area contributed by atoms with E-state index in [0.29, 0.717) is 16.9 Å². The van der Waals surface area contributed by atoms with Crippen LogP contribution in [0.15, 0.2) is 60.1 Å². The molecular weight excluding hydrogens is 451 g/mol. The summed E-state index contributed by atoms with van der Waals surface area (Å²) in [5.74, 6) is -1.01. The molecule has 9 heteroatoms. The van der Waals surface area contributed by atoms with Gasteiger partial charge >= 0.3 is 6.18 Å². The Bertz CT molecular complexity index is 1380. The van der Waals surface area contributed by atoms with E-state index in [1.165, 1.54) is 23.5 Å². The zero-order valence-corrected chi connectivity index (χ0v) is 18.4. The molecule has 168 valence electrons. The molecule has 0 bridgehead atoms. The van der Waals surface area contributed by atoms with Gasteiger partial charge in [-0.25, -0.2) is 4.98 Å². The normalized spacial score (nSPS) is 11.4. The molecule has 4 aromatic rings. The van der Waals surface area contributed by atoms with Crippen molar-refractivity contribution < 1.29 is 22.8 Å². The molecule has 0 radical (unpaired) electrons. The second-order valence-electron chi connectivity index (χ2n) is 7.51. The zero-order chi connectivity index (χ0) is 23.8. The molecule has 0 aliphatic rings. The minimum absolute atomic E-state index is 0.121. The van der Waals surface area contributed by atoms with E-state index in [1.54, 1.807) is 42.8 Å². The first-order valence-corrected chi connectivity index (χ1v) is 10.7. The first-order chi connectivity index (χ1) is 15.6. The lowest BCUT2D eigenvalue weighted by molar-refractivity contribution is -0.137. The number of nitrogens with zero attached hydrogens (tertiary/aromatic N) is 1. The van der Waals surface area contributed by atoms with Gasteiger partial charge in [0.1, 0.15) is 0 Å². The minimum atomic E-state index is -4.54. The molecule has 4 rings (SSSR count). The summed E-state index contributed by atoms with van der Waals surface area (Å²) < 4.78 is 39.7. The lowest BCUT2D eigenvalue weighted by Crippen LogP contribution is -2.15. The predicted molar refractivity (Wildman–Crippen MR) is 123 cm³/mol. The minimum Gasteiger partial charge on any atom is -0.322 e. The maximum Gasteiger partial charge on any atom is 0.416 e. The van der Waals surface area contributed by atoms with Gasteiger partial charge < -0.3 is 10.6 Å². The summed E-state index contributed by atoms with van der Waals surface area (Å²) in [5, 5.41) is 5.42. The third-order valence-corrected chi connectivity index (χ3v) is 5.86. The number of hydrogen-bond acceptors (Lipinski definition) is 4. The third kappa shape index (κ3) is 4.88. The highest BCUT2D eigenvalue weighted by Gasteiger charge is 2.30. The van der Waals surface area contributed by atoms with Crippen LogP contribution in [0.3, 0.4) is 0 Å². The number of amides is 2. The smallest absolute Gasteiger partial charge is 0.322 e. The Morgan fingerprint density at radius 1 is 0.879 bits per heavy atom. The first kappa shape index (κ1) is 22.5. The van der Waals surface area contributed by atoms with Crippen molar-refractivity contribution in [2.45, 2.75) is 20.0 Å². The summed E-state index contributed by atoms with van der Waals surface area (Å²) in [6, 6.07) is 12.6. The van der Waals surface area contributed by atoms with Crippen molar-refractivity contribution in [3.05, 3.63) is 87.9 Å². The van der Waals surface area contributed by atoms with E-state index in [1.807, 2.05) is 6.92 Å². The van der Waals surface area contributed by atoms with E-state index in [2.05, 4.69) is 15.6 Å². The fraction of sp³-hybridized carbons (Fsp3) is 0.125. The van der Waals surface area contributed by atoms with Crippen molar-refractivity contribution in [3.63, 3.8) is 0 Å². The van der Waals surface area contributed by atoms with Gasteiger partial charge in [-0.05, 0) is 67.4 Å². The Kier molecular flexibility index (Phi) is 5.90. The fourth-order valence-corrected chi connectivity index (χ4v) is 4.13. The van der Waals surface area contributed by atoms with Crippen molar-refractivity contribution >= 4 is 44.7 Å². The number of hydrogen-bond donors (Lipinski definition) is 2. The summed E-state index contributed by atoms with van der Waals surface area (Å²) in [6.07, 6.45) is -4.54. The van der Waals surface area contributed by atoms with E-state index in [0.717, 1.165) is 33.5 Å². The molecule has 0 saturated heterocycles. The molecule has 0 aliphatic carbocycles. The lowest BCUT2D eigenvalue weighted by atomic mass is 10.1. The second kappa shape index (κ2) is 8.67. The largest absolute Gasteiger partial charge is 0.416 e. The quantitative estimate of drug-likeness (QED) is 0.362. The van der Waals surface area contributed by atoms with Crippen LogP contribution in [0.5, 0.6) is 0 Å². The average molecular weight is 469 g/mol. The molecule has 0 atom stereocenters. The average Bonchev–Trinajstić information content (AvgIpc) is 3.25. The predicted octanol–water partition coefficient (Wildman–Crippen LogP) is 6.44. The number of nitrogens with one attached hydrogen (secondary N) is 2. The molecule has 5 nitrogen and oxygen atoms in total. The van der Waals surface area contributed by atoms with Crippen LogP contribution in [0.1, 0.15) is 37.4 Å². The van der Waals surface area contributed by atoms with Gasteiger partial charge in [0.2, 0.25) is 0 Å². The molecule has 2 amide bonds. The van der Waals surface area contributed by atoms with Gasteiger partial charge in [0.15, 0.2) is 0 Å². The standard InChI is InChI=1S/C24H18F3N3O2S/c1-13-6-7-18(29-22(31)15-4-3-5-17(9-15)24(25,26)27)11-19(13)30-23(32)16-8-14(2)21-20(10-16)33-12-28-21/h3-12H,1-2H3,(H,29,31)(H,30,32). The maximum atomic E-state index is 12.9. The number of aryl methyl sites for hydroxylation is 2. The van der Waals surface area contributed by atoms with Crippen molar-refractivity contribution in [2.75, 3.05) is 10.6 Å². The van der Waals surface area contributed by atoms with Crippen LogP contribution in [-0.2, 0) is 6.18 Å². The molecule has 1 heterocycles.